The zero-order valence-electron chi connectivity index (χ0n) is 13.6. The van der Waals surface area contributed by atoms with Crippen molar-refractivity contribution in [3.8, 4) is 17.1 Å². The molecule has 1 atom stereocenters. The van der Waals surface area contributed by atoms with Crippen LogP contribution in [0.25, 0.3) is 11.4 Å². The van der Waals surface area contributed by atoms with Crippen LogP contribution >= 0.6 is 0 Å². The summed E-state index contributed by atoms with van der Waals surface area (Å²) in [6.07, 6.45) is 1.47. The molecule has 0 radical (unpaired) electrons. The third kappa shape index (κ3) is 3.15. The van der Waals surface area contributed by atoms with Crippen molar-refractivity contribution in [1.29, 1.82) is 0 Å². The molecule has 2 heterocycles. The Morgan fingerprint density at radius 1 is 1.33 bits per heavy atom. The summed E-state index contributed by atoms with van der Waals surface area (Å²) in [4.78, 5) is 16.5. The van der Waals surface area contributed by atoms with E-state index in [1.54, 1.807) is 27.0 Å². The van der Waals surface area contributed by atoms with Crippen LogP contribution in [0, 0.1) is 6.92 Å². The van der Waals surface area contributed by atoms with E-state index in [1.165, 1.54) is 6.26 Å². The molecule has 2 aromatic heterocycles. The third-order valence-electron chi connectivity index (χ3n) is 3.59. The summed E-state index contributed by atoms with van der Waals surface area (Å²) < 4.78 is 15.6. The highest BCUT2D eigenvalue weighted by atomic mass is 16.5. The highest BCUT2D eigenvalue weighted by Crippen LogP contribution is 2.23. The molecule has 7 heteroatoms. The monoisotopic (exact) mass is 327 g/mol. The number of hydrogen-bond donors (Lipinski definition) is 1. The predicted octanol–water partition coefficient (Wildman–Crippen LogP) is 3.14. The van der Waals surface area contributed by atoms with Crippen LogP contribution in [0.1, 0.15) is 35.0 Å². The Hall–Kier alpha value is -3.09. The molecular formula is C17H17N3O4. The summed E-state index contributed by atoms with van der Waals surface area (Å²) >= 11 is 0. The van der Waals surface area contributed by atoms with Gasteiger partial charge in [0.2, 0.25) is 11.7 Å². The minimum absolute atomic E-state index is 0.255. The Morgan fingerprint density at radius 3 is 2.88 bits per heavy atom. The molecule has 0 aliphatic rings. The molecule has 1 amide bonds. The second-order valence-corrected chi connectivity index (χ2v) is 5.27. The Labute approximate surface area is 138 Å². The van der Waals surface area contributed by atoms with Crippen molar-refractivity contribution < 1.29 is 18.5 Å². The van der Waals surface area contributed by atoms with Gasteiger partial charge in [0.25, 0.3) is 5.91 Å². The fourth-order valence-electron chi connectivity index (χ4n) is 2.25. The maximum atomic E-state index is 12.2. The normalized spacial score (nSPS) is 12.0. The van der Waals surface area contributed by atoms with E-state index in [2.05, 4.69) is 15.5 Å². The van der Waals surface area contributed by atoms with Crippen molar-refractivity contribution in [2.45, 2.75) is 19.9 Å². The van der Waals surface area contributed by atoms with Crippen LogP contribution in [0.5, 0.6) is 5.75 Å². The van der Waals surface area contributed by atoms with Crippen molar-refractivity contribution in [2.24, 2.45) is 0 Å². The Balaban J connectivity index is 1.75. The number of amides is 1. The summed E-state index contributed by atoms with van der Waals surface area (Å²) in [6.45, 7) is 3.50. The van der Waals surface area contributed by atoms with Crippen molar-refractivity contribution in [1.82, 2.24) is 15.5 Å². The molecule has 0 saturated heterocycles. The number of furan rings is 1. The Kier molecular flexibility index (Phi) is 4.33. The lowest BCUT2D eigenvalue weighted by atomic mass is 10.2. The highest BCUT2D eigenvalue weighted by Gasteiger charge is 2.20. The SMILES string of the molecule is COc1cccc(-c2noc([C@H](C)NC(=O)c3ccoc3C)n2)c1. The number of nitrogens with zero attached hydrogens (tertiary/aromatic N) is 2. The van der Waals surface area contributed by atoms with Crippen LogP contribution in [-0.2, 0) is 0 Å². The second-order valence-electron chi connectivity index (χ2n) is 5.27. The van der Waals surface area contributed by atoms with Gasteiger partial charge in [-0.2, -0.15) is 4.98 Å². The van der Waals surface area contributed by atoms with E-state index in [4.69, 9.17) is 13.7 Å². The van der Waals surface area contributed by atoms with Gasteiger partial charge in [0.15, 0.2) is 0 Å². The molecule has 7 nitrogen and oxygen atoms in total. The van der Waals surface area contributed by atoms with Gasteiger partial charge in [0.1, 0.15) is 17.6 Å². The predicted molar refractivity (Wildman–Crippen MR) is 85.6 cm³/mol. The van der Waals surface area contributed by atoms with Crippen molar-refractivity contribution >= 4 is 5.91 Å². The summed E-state index contributed by atoms with van der Waals surface area (Å²) in [7, 11) is 1.59. The molecule has 0 spiro atoms. The summed E-state index contributed by atoms with van der Waals surface area (Å²) in [5, 5.41) is 6.77. The van der Waals surface area contributed by atoms with E-state index in [0.29, 0.717) is 28.8 Å². The molecule has 1 aromatic carbocycles. The van der Waals surface area contributed by atoms with Crippen molar-refractivity contribution in [3.63, 3.8) is 0 Å². The molecule has 24 heavy (non-hydrogen) atoms. The average molecular weight is 327 g/mol. The van der Waals surface area contributed by atoms with Gasteiger partial charge < -0.3 is 19.0 Å². The lowest BCUT2D eigenvalue weighted by Gasteiger charge is -2.08. The number of aryl methyl sites for hydroxylation is 1. The average Bonchev–Trinajstić information content (AvgIpc) is 3.24. The first-order chi connectivity index (χ1) is 11.6. The standard InChI is InChI=1S/C17H17N3O4/c1-10(18-16(21)14-7-8-23-11(14)2)17-19-15(20-24-17)12-5-4-6-13(9-12)22-3/h4-10H,1-3H3,(H,18,21)/t10-/m0/s1. The number of rotatable bonds is 5. The molecule has 0 unspecified atom stereocenters. The molecule has 0 aliphatic heterocycles. The van der Waals surface area contributed by atoms with Crippen LogP contribution in [0.3, 0.4) is 0 Å². The lowest BCUT2D eigenvalue weighted by molar-refractivity contribution is 0.0931. The van der Waals surface area contributed by atoms with Crippen molar-refractivity contribution in [3.05, 3.63) is 53.8 Å². The fraction of sp³-hybridized carbons (Fsp3) is 0.235. The number of hydrogen-bond acceptors (Lipinski definition) is 6. The van der Waals surface area contributed by atoms with Gasteiger partial charge in [0.05, 0.1) is 18.9 Å². The number of aromatic nitrogens is 2. The first-order valence-electron chi connectivity index (χ1n) is 7.41. The summed E-state index contributed by atoms with van der Waals surface area (Å²) in [5.41, 5.74) is 1.25. The number of methoxy groups -OCH3 is 1. The van der Waals surface area contributed by atoms with Gasteiger partial charge >= 0.3 is 0 Å². The molecule has 3 rings (SSSR count). The molecule has 0 fully saturated rings. The zero-order valence-corrected chi connectivity index (χ0v) is 13.6. The molecule has 124 valence electrons. The van der Waals surface area contributed by atoms with Gasteiger partial charge in [-0.05, 0) is 32.0 Å². The number of ether oxygens (including phenoxy) is 1. The first kappa shape index (κ1) is 15.8. The fourth-order valence-corrected chi connectivity index (χ4v) is 2.25. The van der Waals surface area contributed by atoms with E-state index < -0.39 is 6.04 Å². The molecule has 1 N–H and O–H groups in total. The molecule has 0 saturated carbocycles. The lowest BCUT2D eigenvalue weighted by Crippen LogP contribution is -2.27. The van der Waals surface area contributed by atoms with Crippen molar-refractivity contribution in [2.75, 3.05) is 7.11 Å². The quantitative estimate of drug-likeness (QED) is 0.774. The van der Waals surface area contributed by atoms with E-state index in [9.17, 15) is 4.79 Å². The molecule has 0 bridgehead atoms. The minimum atomic E-state index is -0.432. The zero-order chi connectivity index (χ0) is 17.1. The molecule has 0 aliphatic carbocycles. The topological polar surface area (TPSA) is 90.4 Å². The Bertz CT molecular complexity index is 853. The molecule has 3 aromatic rings. The maximum absolute atomic E-state index is 12.2. The van der Waals surface area contributed by atoms with Gasteiger partial charge in [-0.1, -0.05) is 17.3 Å². The van der Waals surface area contributed by atoms with Gasteiger partial charge in [-0.3, -0.25) is 4.79 Å². The second kappa shape index (κ2) is 6.57. The van der Waals surface area contributed by atoms with Gasteiger partial charge in [-0.25, -0.2) is 0 Å². The van der Waals surface area contributed by atoms with Crippen LogP contribution in [0.15, 0.2) is 45.5 Å². The number of benzene rings is 1. The number of carbonyl (C=O) groups excluding carboxylic acids is 1. The van der Waals surface area contributed by atoms with E-state index in [1.807, 2.05) is 24.3 Å². The molecular weight excluding hydrogens is 310 g/mol. The third-order valence-corrected chi connectivity index (χ3v) is 3.59. The van der Waals surface area contributed by atoms with Crippen LogP contribution in [-0.4, -0.2) is 23.2 Å². The number of nitrogens with one attached hydrogen (secondary N) is 1. The highest BCUT2D eigenvalue weighted by molar-refractivity contribution is 5.95. The van der Waals surface area contributed by atoms with Gasteiger partial charge in [0, 0.05) is 5.56 Å². The van der Waals surface area contributed by atoms with E-state index >= 15 is 0 Å². The van der Waals surface area contributed by atoms with E-state index in [-0.39, 0.29) is 5.91 Å². The smallest absolute Gasteiger partial charge is 0.255 e. The van der Waals surface area contributed by atoms with Crippen LogP contribution in [0.2, 0.25) is 0 Å². The van der Waals surface area contributed by atoms with Crippen LogP contribution in [0.4, 0.5) is 0 Å². The minimum Gasteiger partial charge on any atom is -0.497 e. The Morgan fingerprint density at radius 2 is 2.17 bits per heavy atom. The summed E-state index contributed by atoms with van der Waals surface area (Å²) in [6, 6.07) is 8.53. The van der Waals surface area contributed by atoms with E-state index in [0.717, 1.165) is 5.56 Å². The van der Waals surface area contributed by atoms with Crippen LogP contribution < -0.4 is 10.1 Å². The largest absolute Gasteiger partial charge is 0.497 e. The maximum Gasteiger partial charge on any atom is 0.255 e. The number of carbonyl (C=O) groups is 1. The first-order valence-corrected chi connectivity index (χ1v) is 7.41. The van der Waals surface area contributed by atoms with Gasteiger partial charge in [-0.15, -0.1) is 0 Å². The summed E-state index contributed by atoms with van der Waals surface area (Å²) in [5.74, 6) is 1.76.